The molecule has 0 aliphatic carbocycles. The molecule has 3 rings (SSSR count). The lowest BCUT2D eigenvalue weighted by Crippen LogP contribution is -2.19. The van der Waals surface area contributed by atoms with E-state index in [1.165, 1.54) is 5.56 Å². The second-order valence-electron chi connectivity index (χ2n) is 5.45. The van der Waals surface area contributed by atoms with Crippen molar-refractivity contribution in [3.8, 4) is 11.5 Å². The van der Waals surface area contributed by atoms with Crippen LogP contribution in [0.25, 0.3) is 6.08 Å². The summed E-state index contributed by atoms with van der Waals surface area (Å²) in [6, 6.07) is 12.8. The van der Waals surface area contributed by atoms with Crippen molar-refractivity contribution in [2.75, 3.05) is 6.61 Å². The maximum absolute atomic E-state index is 12.4. The minimum atomic E-state index is -0.566. The number of ether oxygens (including phenoxy) is 2. The number of amides is 1. The van der Waals surface area contributed by atoms with E-state index in [2.05, 4.69) is 6.92 Å². The highest BCUT2D eigenvalue weighted by atomic mass is 16.5. The molecule has 0 spiro atoms. The number of fused-ring (bicyclic) bond motifs is 1. The smallest absolute Gasteiger partial charge is 0.255 e. The zero-order valence-corrected chi connectivity index (χ0v) is 13.2. The molecular formula is C19H17NO4. The molecule has 0 aromatic heterocycles. The largest absolute Gasteiger partial charge is 0.484 e. The Kier molecular flexibility index (Phi) is 4.33. The number of ketones is 1. The molecule has 1 amide bonds. The normalized spacial score (nSPS) is 14.4. The van der Waals surface area contributed by atoms with Crippen LogP contribution in [0.2, 0.25) is 0 Å². The maximum Gasteiger partial charge on any atom is 0.255 e. The van der Waals surface area contributed by atoms with E-state index in [0.29, 0.717) is 17.1 Å². The average Bonchev–Trinajstić information content (AvgIpc) is 2.89. The summed E-state index contributed by atoms with van der Waals surface area (Å²) in [5.74, 6) is 0.364. The van der Waals surface area contributed by atoms with Gasteiger partial charge in [-0.2, -0.15) is 0 Å². The van der Waals surface area contributed by atoms with Crippen LogP contribution < -0.4 is 15.2 Å². The number of hydrogen-bond acceptors (Lipinski definition) is 4. The van der Waals surface area contributed by atoms with Crippen LogP contribution in [0.1, 0.15) is 28.4 Å². The highest BCUT2D eigenvalue weighted by molar-refractivity contribution is 6.14. The van der Waals surface area contributed by atoms with E-state index >= 15 is 0 Å². The Morgan fingerprint density at radius 3 is 2.62 bits per heavy atom. The van der Waals surface area contributed by atoms with Gasteiger partial charge in [0.1, 0.15) is 11.5 Å². The standard InChI is InChI=1S/C19H17NO4/c1-2-12-3-5-13(6-4-12)9-17-19(22)15-8-7-14(10-16(15)24-17)23-11-18(20)21/h3-10H,2,11H2,1H3,(H2,20,21)/b17-9-. The van der Waals surface area contributed by atoms with Crippen LogP contribution in [0.15, 0.2) is 48.2 Å². The van der Waals surface area contributed by atoms with Crippen molar-refractivity contribution >= 4 is 17.8 Å². The number of rotatable bonds is 5. The minimum absolute atomic E-state index is 0.175. The van der Waals surface area contributed by atoms with Gasteiger partial charge >= 0.3 is 0 Å². The molecule has 5 nitrogen and oxygen atoms in total. The fourth-order valence-electron chi connectivity index (χ4n) is 2.41. The molecule has 0 bridgehead atoms. The van der Waals surface area contributed by atoms with Crippen LogP contribution in [-0.2, 0) is 11.2 Å². The number of carbonyl (C=O) groups excluding carboxylic acids is 2. The van der Waals surface area contributed by atoms with Gasteiger partial charge in [-0.1, -0.05) is 31.2 Å². The van der Waals surface area contributed by atoms with E-state index in [4.69, 9.17) is 15.2 Å². The van der Waals surface area contributed by atoms with Crippen molar-refractivity contribution in [3.63, 3.8) is 0 Å². The predicted octanol–water partition coefficient (Wildman–Crippen LogP) is 2.73. The van der Waals surface area contributed by atoms with Gasteiger partial charge in [-0.15, -0.1) is 0 Å². The van der Waals surface area contributed by atoms with Crippen LogP contribution in [-0.4, -0.2) is 18.3 Å². The van der Waals surface area contributed by atoms with Crippen LogP contribution >= 0.6 is 0 Å². The summed E-state index contributed by atoms with van der Waals surface area (Å²) in [5.41, 5.74) is 7.64. The Balaban J connectivity index is 1.81. The first-order valence-corrected chi connectivity index (χ1v) is 7.65. The lowest BCUT2D eigenvalue weighted by molar-refractivity contribution is -0.119. The summed E-state index contributed by atoms with van der Waals surface area (Å²) >= 11 is 0. The van der Waals surface area contributed by atoms with E-state index in [1.807, 2.05) is 24.3 Å². The van der Waals surface area contributed by atoms with Gasteiger partial charge in [0.2, 0.25) is 5.78 Å². The number of primary amides is 1. The fraction of sp³-hybridized carbons (Fsp3) is 0.158. The zero-order valence-electron chi connectivity index (χ0n) is 13.2. The molecule has 1 heterocycles. The van der Waals surface area contributed by atoms with Gasteiger partial charge in [-0.25, -0.2) is 0 Å². The molecular weight excluding hydrogens is 306 g/mol. The Morgan fingerprint density at radius 1 is 1.21 bits per heavy atom. The van der Waals surface area contributed by atoms with E-state index in [0.717, 1.165) is 12.0 Å². The number of nitrogens with two attached hydrogens (primary N) is 1. The molecule has 0 radical (unpaired) electrons. The molecule has 1 aliphatic heterocycles. The van der Waals surface area contributed by atoms with Gasteiger partial charge in [0.25, 0.3) is 5.91 Å². The molecule has 0 fully saturated rings. The molecule has 5 heteroatoms. The van der Waals surface area contributed by atoms with Gasteiger partial charge in [-0.05, 0) is 35.8 Å². The summed E-state index contributed by atoms with van der Waals surface area (Å²) in [5, 5.41) is 0. The molecule has 0 atom stereocenters. The number of Topliss-reactive ketones (excluding diaryl/α,β-unsaturated/α-hetero) is 1. The van der Waals surface area contributed by atoms with Crippen molar-refractivity contribution in [2.24, 2.45) is 5.73 Å². The first kappa shape index (κ1) is 15.8. The van der Waals surface area contributed by atoms with Gasteiger partial charge < -0.3 is 15.2 Å². The van der Waals surface area contributed by atoms with Crippen molar-refractivity contribution in [3.05, 3.63) is 64.9 Å². The van der Waals surface area contributed by atoms with E-state index < -0.39 is 5.91 Å². The first-order chi connectivity index (χ1) is 11.6. The number of hydrogen-bond donors (Lipinski definition) is 1. The third kappa shape index (κ3) is 3.30. The van der Waals surface area contributed by atoms with E-state index in [1.54, 1.807) is 24.3 Å². The first-order valence-electron chi connectivity index (χ1n) is 7.65. The summed E-state index contributed by atoms with van der Waals surface area (Å²) in [6.07, 6.45) is 2.68. The minimum Gasteiger partial charge on any atom is -0.484 e. The van der Waals surface area contributed by atoms with E-state index in [9.17, 15) is 9.59 Å². The summed E-state index contributed by atoms with van der Waals surface area (Å²) in [6.45, 7) is 1.87. The SMILES string of the molecule is CCc1ccc(/C=C2\Oc3cc(OCC(N)=O)ccc3C2=O)cc1. The highest BCUT2D eigenvalue weighted by Crippen LogP contribution is 2.34. The second kappa shape index (κ2) is 6.58. The zero-order chi connectivity index (χ0) is 17.1. The Morgan fingerprint density at radius 2 is 1.96 bits per heavy atom. The molecule has 122 valence electrons. The quantitative estimate of drug-likeness (QED) is 0.858. The van der Waals surface area contributed by atoms with Crippen molar-refractivity contribution in [1.82, 2.24) is 0 Å². The number of aryl methyl sites for hydroxylation is 1. The third-order valence-corrected chi connectivity index (χ3v) is 3.71. The topological polar surface area (TPSA) is 78.6 Å². The predicted molar refractivity (Wildman–Crippen MR) is 89.9 cm³/mol. The Bertz CT molecular complexity index is 822. The highest BCUT2D eigenvalue weighted by Gasteiger charge is 2.27. The molecule has 0 unspecified atom stereocenters. The number of benzene rings is 2. The summed E-state index contributed by atoms with van der Waals surface area (Å²) in [4.78, 5) is 23.2. The van der Waals surface area contributed by atoms with Gasteiger partial charge in [0.05, 0.1) is 5.56 Å². The van der Waals surface area contributed by atoms with Gasteiger partial charge in [-0.3, -0.25) is 9.59 Å². The summed E-state index contributed by atoms with van der Waals surface area (Å²) in [7, 11) is 0. The number of allylic oxidation sites excluding steroid dienone is 1. The van der Waals surface area contributed by atoms with Crippen molar-refractivity contribution in [2.45, 2.75) is 13.3 Å². The van der Waals surface area contributed by atoms with E-state index in [-0.39, 0.29) is 18.1 Å². The third-order valence-electron chi connectivity index (χ3n) is 3.71. The fourth-order valence-corrected chi connectivity index (χ4v) is 2.41. The Labute approximate surface area is 139 Å². The molecule has 2 aromatic carbocycles. The van der Waals surface area contributed by atoms with Crippen LogP contribution in [0.5, 0.6) is 11.5 Å². The van der Waals surface area contributed by atoms with Gasteiger partial charge in [0.15, 0.2) is 12.4 Å². The molecule has 2 N–H and O–H groups in total. The lowest BCUT2D eigenvalue weighted by Gasteiger charge is -2.04. The maximum atomic E-state index is 12.4. The van der Waals surface area contributed by atoms with Crippen LogP contribution in [0, 0.1) is 0 Å². The molecule has 0 saturated carbocycles. The van der Waals surface area contributed by atoms with Crippen molar-refractivity contribution < 1.29 is 19.1 Å². The molecule has 1 aliphatic rings. The average molecular weight is 323 g/mol. The van der Waals surface area contributed by atoms with Gasteiger partial charge in [0, 0.05) is 6.07 Å². The lowest BCUT2D eigenvalue weighted by atomic mass is 10.1. The van der Waals surface area contributed by atoms with Crippen LogP contribution in [0.3, 0.4) is 0 Å². The van der Waals surface area contributed by atoms with Crippen LogP contribution in [0.4, 0.5) is 0 Å². The monoisotopic (exact) mass is 323 g/mol. The molecule has 24 heavy (non-hydrogen) atoms. The molecule has 0 saturated heterocycles. The summed E-state index contributed by atoms with van der Waals surface area (Å²) < 4.78 is 10.9. The number of carbonyl (C=O) groups is 2. The molecule has 2 aromatic rings. The Hall–Kier alpha value is -3.08. The second-order valence-corrected chi connectivity index (χ2v) is 5.45. The van der Waals surface area contributed by atoms with Crippen molar-refractivity contribution in [1.29, 1.82) is 0 Å².